The van der Waals surface area contributed by atoms with Gasteiger partial charge in [0.2, 0.25) is 15.9 Å². The van der Waals surface area contributed by atoms with Crippen molar-refractivity contribution in [1.82, 2.24) is 4.31 Å². The number of carbonyl (C=O) groups excluding carboxylic acids is 1. The Bertz CT molecular complexity index is 959. The molecule has 1 N–H and O–H groups in total. The summed E-state index contributed by atoms with van der Waals surface area (Å²) in [5, 5.41) is 3.32. The molecule has 1 atom stereocenters. The molecule has 0 unspecified atom stereocenters. The number of halogens is 1. The lowest BCUT2D eigenvalue weighted by Crippen LogP contribution is -2.43. The van der Waals surface area contributed by atoms with E-state index in [0.717, 1.165) is 16.8 Å². The van der Waals surface area contributed by atoms with Crippen LogP contribution in [0, 0.1) is 19.8 Å². The Labute approximate surface area is 165 Å². The Morgan fingerprint density at radius 2 is 1.96 bits per heavy atom. The van der Waals surface area contributed by atoms with Gasteiger partial charge in [-0.25, -0.2) is 8.42 Å². The Hall–Kier alpha value is -1.89. The molecule has 0 saturated carbocycles. The van der Waals surface area contributed by atoms with Gasteiger partial charge in [-0.05, 0) is 62.1 Å². The number of carbonyl (C=O) groups is 1. The number of benzene rings is 2. The minimum Gasteiger partial charge on any atom is -0.326 e. The molecule has 5 nitrogen and oxygen atoms in total. The molecule has 1 aliphatic rings. The minimum atomic E-state index is -3.68. The summed E-state index contributed by atoms with van der Waals surface area (Å²) >= 11 is 6.09. The molecule has 27 heavy (non-hydrogen) atoms. The smallest absolute Gasteiger partial charge is 0.243 e. The second-order valence-corrected chi connectivity index (χ2v) is 9.32. The van der Waals surface area contributed by atoms with Crippen molar-refractivity contribution in [2.45, 2.75) is 31.6 Å². The second-order valence-electron chi connectivity index (χ2n) is 6.97. The summed E-state index contributed by atoms with van der Waals surface area (Å²) in [6.45, 7) is 4.36. The number of sulfonamides is 1. The van der Waals surface area contributed by atoms with Crippen molar-refractivity contribution in [3.63, 3.8) is 0 Å². The van der Waals surface area contributed by atoms with Gasteiger partial charge in [0.1, 0.15) is 0 Å². The first-order valence-electron chi connectivity index (χ1n) is 8.91. The van der Waals surface area contributed by atoms with Crippen LogP contribution in [0.5, 0.6) is 0 Å². The van der Waals surface area contributed by atoms with Gasteiger partial charge in [0.25, 0.3) is 0 Å². The third-order valence-electron chi connectivity index (χ3n) is 4.82. The third-order valence-corrected chi connectivity index (χ3v) is 7.09. The van der Waals surface area contributed by atoms with Gasteiger partial charge in [-0.3, -0.25) is 4.79 Å². The Kier molecular flexibility index (Phi) is 5.89. The average molecular weight is 407 g/mol. The van der Waals surface area contributed by atoms with Crippen LogP contribution in [-0.4, -0.2) is 31.7 Å². The Balaban J connectivity index is 1.74. The van der Waals surface area contributed by atoms with Crippen molar-refractivity contribution < 1.29 is 13.2 Å². The van der Waals surface area contributed by atoms with Gasteiger partial charge >= 0.3 is 0 Å². The van der Waals surface area contributed by atoms with Crippen LogP contribution < -0.4 is 5.32 Å². The quantitative estimate of drug-likeness (QED) is 0.834. The number of rotatable bonds is 4. The summed E-state index contributed by atoms with van der Waals surface area (Å²) in [4.78, 5) is 12.8. The molecule has 1 fully saturated rings. The fraction of sp³-hybridized carbons (Fsp3) is 0.350. The van der Waals surface area contributed by atoms with Crippen molar-refractivity contribution >= 4 is 33.2 Å². The number of hydrogen-bond donors (Lipinski definition) is 1. The molecule has 1 saturated heterocycles. The van der Waals surface area contributed by atoms with Gasteiger partial charge in [0, 0.05) is 23.8 Å². The summed E-state index contributed by atoms with van der Waals surface area (Å²) in [5.74, 6) is -0.530. The van der Waals surface area contributed by atoms with E-state index in [4.69, 9.17) is 11.6 Å². The lowest BCUT2D eigenvalue weighted by molar-refractivity contribution is -0.120. The third kappa shape index (κ3) is 4.51. The molecule has 2 aromatic rings. The highest BCUT2D eigenvalue weighted by molar-refractivity contribution is 7.89. The first-order chi connectivity index (χ1) is 12.8. The summed E-state index contributed by atoms with van der Waals surface area (Å²) in [6, 6.07) is 12.3. The Morgan fingerprint density at radius 1 is 1.19 bits per heavy atom. The van der Waals surface area contributed by atoms with Crippen LogP contribution in [0.2, 0.25) is 5.02 Å². The number of nitrogens with one attached hydrogen (secondary N) is 1. The van der Waals surface area contributed by atoms with E-state index < -0.39 is 10.0 Å². The van der Waals surface area contributed by atoms with E-state index in [1.807, 2.05) is 38.1 Å². The predicted molar refractivity (Wildman–Crippen MR) is 107 cm³/mol. The lowest BCUT2D eigenvalue weighted by Gasteiger charge is -2.31. The zero-order chi connectivity index (χ0) is 19.6. The van der Waals surface area contributed by atoms with Crippen molar-refractivity contribution in [2.75, 3.05) is 18.4 Å². The van der Waals surface area contributed by atoms with E-state index in [9.17, 15) is 13.2 Å². The van der Waals surface area contributed by atoms with Crippen molar-refractivity contribution in [3.05, 3.63) is 58.6 Å². The molecule has 1 heterocycles. The molecule has 2 aromatic carbocycles. The number of amides is 1. The number of aryl methyl sites for hydroxylation is 2. The summed E-state index contributed by atoms with van der Waals surface area (Å²) in [7, 11) is -3.68. The van der Waals surface area contributed by atoms with E-state index in [-0.39, 0.29) is 23.3 Å². The zero-order valence-corrected chi connectivity index (χ0v) is 17.0. The van der Waals surface area contributed by atoms with Crippen LogP contribution in [0.1, 0.15) is 24.0 Å². The van der Waals surface area contributed by atoms with Crippen LogP contribution in [0.4, 0.5) is 5.69 Å². The van der Waals surface area contributed by atoms with E-state index in [1.165, 1.54) is 10.4 Å². The standard InChI is InChI=1S/C20H23ClN2O3S/c1-14-5-3-7-17(11-14)22-20(24)16-6-4-10-23(13-16)27(25,26)18-9-8-15(2)19(21)12-18/h3,5,7-9,11-12,16H,4,6,10,13H2,1-2H3,(H,22,24)/t16-/m1/s1. The maximum absolute atomic E-state index is 13.0. The van der Waals surface area contributed by atoms with E-state index >= 15 is 0 Å². The molecule has 1 amide bonds. The summed E-state index contributed by atoms with van der Waals surface area (Å²) in [5.41, 5.74) is 2.60. The first kappa shape index (κ1) is 19.9. The number of anilines is 1. The first-order valence-corrected chi connectivity index (χ1v) is 10.7. The fourth-order valence-corrected chi connectivity index (χ4v) is 5.02. The van der Waals surface area contributed by atoms with Gasteiger partial charge in [0.05, 0.1) is 10.8 Å². The molecule has 144 valence electrons. The van der Waals surface area contributed by atoms with E-state index in [2.05, 4.69) is 5.32 Å². The van der Waals surface area contributed by atoms with E-state index in [0.29, 0.717) is 24.4 Å². The van der Waals surface area contributed by atoms with Crippen molar-refractivity contribution in [1.29, 1.82) is 0 Å². The monoisotopic (exact) mass is 406 g/mol. The van der Waals surface area contributed by atoms with Gasteiger partial charge in [-0.15, -0.1) is 0 Å². The van der Waals surface area contributed by atoms with Crippen LogP contribution in [0.15, 0.2) is 47.4 Å². The summed E-state index contributed by atoms with van der Waals surface area (Å²) in [6.07, 6.45) is 1.31. The minimum absolute atomic E-state index is 0.151. The van der Waals surface area contributed by atoms with Crippen molar-refractivity contribution in [2.24, 2.45) is 5.92 Å². The van der Waals surface area contributed by atoms with Gasteiger partial charge in [0.15, 0.2) is 0 Å². The summed E-state index contributed by atoms with van der Waals surface area (Å²) < 4.78 is 27.3. The molecule has 0 aromatic heterocycles. The molecule has 7 heteroatoms. The van der Waals surface area contributed by atoms with Gasteiger partial charge in [-0.1, -0.05) is 29.8 Å². The highest BCUT2D eigenvalue weighted by Crippen LogP contribution is 2.27. The molecular weight excluding hydrogens is 384 g/mol. The lowest BCUT2D eigenvalue weighted by atomic mass is 9.98. The molecule has 0 radical (unpaired) electrons. The highest BCUT2D eigenvalue weighted by Gasteiger charge is 2.33. The SMILES string of the molecule is Cc1cccc(NC(=O)[C@@H]2CCCN(S(=O)(=O)c3ccc(C)c(Cl)c3)C2)c1. The second kappa shape index (κ2) is 8.00. The topological polar surface area (TPSA) is 66.5 Å². The van der Waals surface area contributed by atoms with Crippen LogP contribution in [0.3, 0.4) is 0 Å². The number of piperidine rings is 1. The normalized spacial score (nSPS) is 18.3. The van der Waals surface area contributed by atoms with Crippen LogP contribution in [0.25, 0.3) is 0 Å². The average Bonchev–Trinajstić information content (AvgIpc) is 2.64. The molecule has 1 aliphatic heterocycles. The fourth-order valence-electron chi connectivity index (χ4n) is 3.22. The van der Waals surface area contributed by atoms with Gasteiger partial charge in [-0.2, -0.15) is 4.31 Å². The van der Waals surface area contributed by atoms with Crippen molar-refractivity contribution in [3.8, 4) is 0 Å². The largest absolute Gasteiger partial charge is 0.326 e. The van der Waals surface area contributed by atoms with Crippen LogP contribution >= 0.6 is 11.6 Å². The molecule has 3 rings (SSSR count). The Morgan fingerprint density at radius 3 is 2.67 bits per heavy atom. The van der Waals surface area contributed by atoms with Gasteiger partial charge < -0.3 is 5.32 Å². The predicted octanol–water partition coefficient (Wildman–Crippen LogP) is 4.00. The highest BCUT2D eigenvalue weighted by atomic mass is 35.5. The molecule has 0 bridgehead atoms. The van der Waals surface area contributed by atoms with Crippen LogP contribution in [-0.2, 0) is 14.8 Å². The molecule has 0 spiro atoms. The zero-order valence-electron chi connectivity index (χ0n) is 15.4. The number of nitrogens with zero attached hydrogens (tertiary/aromatic N) is 1. The maximum Gasteiger partial charge on any atom is 0.243 e. The molecular formula is C20H23ClN2O3S. The maximum atomic E-state index is 13.0. The van der Waals surface area contributed by atoms with E-state index in [1.54, 1.807) is 12.1 Å². The number of hydrogen-bond acceptors (Lipinski definition) is 3. The molecule has 0 aliphatic carbocycles.